The third-order valence-electron chi connectivity index (χ3n) is 2.57. The van der Waals surface area contributed by atoms with Gasteiger partial charge in [-0.1, -0.05) is 24.1 Å². The number of hydrogen-bond donors (Lipinski definition) is 0. The quantitative estimate of drug-likeness (QED) is 0.576. The Kier molecular flexibility index (Phi) is 4.42. The van der Waals surface area contributed by atoms with Crippen LogP contribution in [0.4, 0.5) is 0 Å². The number of hydrogen-bond acceptors (Lipinski definition) is 3. The number of benzene rings is 1. The molecule has 0 aliphatic carbocycles. The molecule has 1 heterocycles. The first-order chi connectivity index (χ1) is 7.34. The van der Waals surface area contributed by atoms with Gasteiger partial charge in [-0.15, -0.1) is 0 Å². The summed E-state index contributed by atoms with van der Waals surface area (Å²) in [6.07, 6.45) is 4.13. The molecule has 0 unspecified atom stereocenters. The molecule has 1 aromatic carbocycles. The molecule has 0 spiro atoms. The Morgan fingerprint density at radius 1 is 1.00 bits per heavy atom. The molecule has 3 heteroatoms. The predicted octanol–water partition coefficient (Wildman–Crippen LogP) is 4.14. The molecule has 1 nitrogen and oxygen atoms in total. The summed E-state index contributed by atoms with van der Waals surface area (Å²) >= 11 is 0. The van der Waals surface area contributed by atoms with Crippen molar-refractivity contribution in [1.82, 2.24) is 4.31 Å². The Balaban J connectivity index is 1.79. The van der Waals surface area contributed by atoms with Crippen LogP contribution in [0.3, 0.4) is 0 Å². The van der Waals surface area contributed by atoms with Crippen molar-refractivity contribution in [1.29, 1.82) is 0 Å². The highest BCUT2D eigenvalue weighted by Crippen LogP contribution is 2.35. The summed E-state index contributed by atoms with van der Waals surface area (Å²) in [6.45, 7) is 4.64. The molecule has 0 radical (unpaired) electrons. The molecule has 2 rings (SSSR count). The van der Waals surface area contributed by atoms with Crippen LogP contribution in [0.1, 0.15) is 24.8 Å². The first kappa shape index (κ1) is 11.4. The third kappa shape index (κ3) is 3.74. The zero-order chi connectivity index (χ0) is 10.5. The largest absolute Gasteiger partial charge is 0.241 e. The molecule has 1 fully saturated rings. The summed E-state index contributed by atoms with van der Waals surface area (Å²) in [4.78, 5) is 1.36. The number of aryl methyl sites for hydroxylation is 1. The monoisotopic (exact) mass is 239 g/mol. The Labute approximate surface area is 100 Å². The molecule has 1 saturated heterocycles. The van der Waals surface area contributed by atoms with Gasteiger partial charge in [-0.3, -0.25) is 0 Å². The highest BCUT2D eigenvalue weighted by atomic mass is 33.1. The highest BCUT2D eigenvalue weighted by Gasteiger charge is 2.10. The van der Waals surface area contributed by atoms with Crippen LogP contribution in [-0.4, -0.2) is 17.4 Å². The Bertz CT molecular complexity index is 291. The van der Waals surface area contributed by atoms with Gasteiger partial charge in [-0.05, 0) is 53.7 Å². The molecule has 1 aromatic rings. The van der Waals surface area contributed by atoms with Crippen LogP contribution < -0.4 is 0 Å². The number of piperidine rings is 1. The zero-order valence-electron chi connectivity index (χ0n) is 9.11. The van der Waals surface area contributed by atoms with E-state index in [0.717, 1.165) is 0 Å². The minimum absolute atomic E-state index is 1.25. The maximum Gasteiger partial charge on any atom is 0.0195 e. The van der Waals surface area contributed by atoms with Crippen LogP contribution in [-0.2, 0) is 0 Å². The first-order valence-electron chi connectivity index (χ1n) is 5.51. The van der Waals surface area contributed by atoms with Gasteiger partial charge in [-0.2, -0.15) is 0 Å². The van der Waals surface area contributed by atoms with Crippen molar-refractivity contribution in [2.24, 2.45) is 0 Å². The Morgan fingerprint density at radius 3 is 2.33 bits per heavy atom. The van der Waals surface area contributed by atoms with Crippen LogP contribution in [0.25, 0.3) is 0 Å². The average molecular weight is 239 g/mol. The molecule has 15 heavy (non-hydrogen) atoms. The van der Waals surface area contributed by atoms with Crippen molar-refractivity contribution in [2.45, 2.75) is 31.1 Å². The molecule has 0 saturated carbocycles. The van der Waals surface area contributed by atoms with E-state index in [1.54, 1.807) is 0 Å². The molecule has 1 aliphatic heterocycles. The van der Waals surface area contributed by atoms with Crippen LogP contribution in [0.5, 0.6) is 0 Å². The summed E-state index contributed by atoms with van der Waals surface area (Å²) in [5.41, 5.74) is 1.34. The molecule has 0 aromatic heterocycles. The summed E-state index contributed by atoms with van der Waals surface area (Å²) in [6, 6.07) is 8.77. The standard InChI is InChI=1S/C12H17NS2/c1-11-5-7-12(8-6-11)14-15-13-9-3-2-4-10-13/h5-8H,2-4,9-10H2,1H3. The number of nitrogens with zero attached hydrogens (tertiary/aromatic N) is 1. The lowest BCUT2D eigenvalue weighted by Crippen LogP contribution is -2.21. The van der Waals surface area contributed by atoms with E-state index in [2.05, 4.69) is 35.5 Å². The van der Waals surface area contributed by atoms with Crippen molar-refractivity contribution < 1.29 is 0 Å². The highest BCUT2D eigenvalue weighted by molar-refractivity contribution is 8.75. The van der Waals surface area contributed by atoms with Gasteiger partial charge in [0.05, 0.1) is 0 Å². The molecule has 0 amide bonds. The maximum atomic E-state index is 2.48. The first-order valence-corrected chi connectivity index (χ1v) is 7.61. The SMILES string of the molecule is Cc1ccc(SSN2CCCCC2)cc1. The van der Waals surface area contributed by atoms with Gasteiger partial charge in [0.15, 0.2) is 0 Å². The van der Waals surface area contributed by atoms with Crippen LogP contribution in [0.2, 0.25) is 0 Å². The molecule has 82 valence electrons. The normalized spacial score (nSPS) is 17.9. The van der Waals surface area contributed by atoms with Crippen molar-refractivity contribution in [3.05, 3.63) is 29.8 Å². The van der Waals surface area contributed by atoms with Gasteiger partial charge in [0, 0.05) is 18.0 Å². The lowest BCUT2D eigenvalue weighted by molar-refractivity contribution is 0.384. The van der Waals surface area contributed by atoms with Gasteiger partial charge in [-0.25, -0.2) is 4.31 Å². The van der Waals surface area contributed by atoms with E-state index in [9.17, 15) is 0 Å². The summed E-state index contributed by atoms with van der Waals surface area (Å²) in [5.74, 6) is 0. The van der Waals surface area contributed by atoms with Crippen LogP contribution >= 0.6 is 21.8 Å². The van der Waals surface area contributed by atoms with E-state index in [0.29, 0.717) is 0 Å². The van der Waals surface area contributed by atoms with Crippen molar-refractivity contribution in [3.8, 4) is 0 Å². The molecule has 0 bridgehead atoms. The van der Waals surface area contributed by atoms with E-state index in [1.807, 2.05) is 21.8 Å². The fraction of sp³-hybridized carbons (Fsp3) is 0.500. The van der Waals surface area contributed by atoms with E-state index in [-0.39, 0.29) is 0 Å². The molecule has 1 aliphatic rings. The van der Waals surface area contributed by atoms with Crippen molar-refractivity contribution in [2.75, 3.05) is 13.1 Å². The third-order valence-corrected chi connectivity index (χ3v) is 5.12. The summed E-state index contributed by atoms with van der Waals surface area (Å²) in [7, 11) is 3.78. The second kappa shape index (κ2) is 5.83. The van der Waals surface area contributed by atoms with Gasteiger partial charge in [0.25, 0.3) is 0 Å². The molecular weight excluding hydrogens is 222 g/mol. The van der Waals surface area contributed by atoms with E-state index < -0.39 is 0 Å². The minimum atomic E-state index is 1.25. The van der Waals surface area contributed by atoms with Gasteiger partial charge in [0.2, 0.25) is 0 Å². The summed E-state index contributed by atoms with van der Waals surface area (Å²) in [5, 5.41) is 0. The minimum Gasteiger partial charge on any atom is -0.241 e. The molecule has 0 N–H and O–H groups in total. The van der Waals surface area contributed by atoms with Gasteiger partial charge < -0.3 is 0 Å². The Morgan fingerprint density at radius 2 is 1.67 bits per heavy atom. The second-order valence-corrected chi connectivity index (χ2v) is 6.21. The topological polar surface area (TPSA) is 3.24 Å². The second-order valence-electron chi connectivity index (χ2n) is 3.96. The number of rotatable bonds is 3. The van der Waals surface area contributed by atoms with E-state index in [1.165, 1.54) is 42.8 Å². The lowest BCUT2D eigenvalue weighted by Gasteiger charge is -2.24. The molecule has 0 atom stereocenters. The van der Waals surface area contributed by atoms with E-state index >= 15 is 0 Å². The van der Waals surface area contributed by atoms with Crippen molar-refractivity contribution in [3.63, 3.8) is 0 Å². The maximum absolute atomic E-state index is 2.48. The van der Waals surface area contributed by atoms with Crippen LogP contribution in [0.15, 0.2) is 29.2 Å². The van der Waals surface area contributed by atoms with Crippen molar-refractivity contribution >= 4 is 21.8 Å². The smallest absolute Gasteiger partial charge is 0.0195 e. The average Bonchev–Trinajstić information content (AvgIpc) is 2.30. The summed E-state index contributed by atoms with van der Waals surface area (Å²) < 4.78 is 2.48. The van der Waals surface area contributed by atoms with Gasteiger partial charge >= 0.3 is 0 Å². The van der Waals surface area contributed by atoms with Gasteiger partial charge in [0.1, 0.15) is 0 Å². The molecular formula is C12H17NS2. The fourth-order valence-corrected chi connectivity index (χ4v) is 3.83. The Hall–Kier alpha value is -0.120. The fourth-order valence-electron chi connectivity index (χ4n) is 1.63. The van der Waals surface area contributed by atoms with Crippen LogP contribution in [0, 0.1) is 6.92 Å². The van der Waals surface area contributed by atoms with E-state index in [4.69, 9.17) is 0 Å². The zero-order valence-corrected chi connectivity index (χ0v) is 10.7. The lowest BCUT2D eigenvalue weighted by atomic mass is 10.2. The predicted molar refractivity (Wildman–Crippen MR) is 70.1 cm³/mol.